The van der Waals surface area contributed by atoms with Crippen molar-refractivity contribution in [3.05, 3.63) is 65.2 Å². The molecule has 2 aromatic rings. The van der Waals surface area contributed by atoms with Crippen molar-refractivity contribution in [1.29, 1.82) is 5.26 Å². The number of rotatable bonds is 4. The maximum atomic E-state index is 12.9. The van der Waals surface area contributed by atoms with Gasteiger partial charge < -0.3 is 4.90 Å². The molecule has 0 N–H and O–H groups in total. The molecule has 4 heteroatoms. The molecule has 25 heavy (non-hydrogen) atoms. The van der Waals surface area contributed by atoms with Crippen molar-refractivity contribution >= 4 is 17.7 Å². The van der Waals surface area contributed by atoms with Crippen LogP contribution in [-0.4, -0.2) is 23.9 Å². The smallest absolute Gasteiger partial charge is 0.254 e. The summed E-state index contributed by atoms with van der Waals surface area (Å²) in [6, 6.07) is 17.7. The van der Waals surface area contributed by atoms with Gasteiger partial charge in [-0.05, 0) is 42.7 Å². The quantitative estimate of drug-likeness (QED) is 0.739. The highest BCUT2D eigenvalue weighted by molar-refractivity contribution is 7.98. The Bertz CT molecular complexity index is 756. The molecule has 1 aliphatic rings. The Kier molecular flexibility index (Phi) is 6.14. The standard InChI is InChI=1S/C21H22N2OS/c22-15-17-9-11-18(12-10-17)16-25-20-8-4-3-7-19(20)21(24)23-13-5-1-2-6-14-23/h3-4,7-12H,1-2,5-6,13-14,16H2. The lowest BCUT2D eigenvalue weighted by molar-refractivity contribution is 0.0758. The number of benzene rings is 2. The maximum absolute atomic E-state index is 12.9. The van der Waals surface area contributed by atoms with Gasteiger partial charge in [-0.15, -0.1) is 11.8 Å². The maximum Gasteiger partial charge on any atom is 0.254 e. The second kappa shape index (κ2) is 8.73. The molecule has 1 heterocycles. The van der Waals surface area contributed by atoms with Crippen molar-refractivity contribution in [2.75, 3.05) is 13.1 Å². The highest BCUT2D eigenvalue weighted by Gasteiger charge is 2.19. The molecule has 0 radical (unpaired) electrons. The molecular weight excluding hydrogens is 328 g/mol. The highest BCUT2D eigenvalue weighted by Crippen LogP contribution is 2.28. The van der Waals surface area contributed by atoms with Crippen LogP contribution in [0.4, 0.5) is 0 Å². The zero-order valence-electron chi connectivity index (χ0n) is 14.3. The van der Waals surface area contributed by atoms with E-state index < -0.39 is 0 Å². The van der Waals surface area contributed by atoms with Crippen LogP contribution in [0, 0.1) is 11.3 Å². The summed E-state index contributed by atoms with van der Waals surface area (Å²) in [5, 5.41) is 8.88. The third-order valence-corrected chi connectivity index (χ3v) is 5.63. The van der Waals surface area contributed by atoms with Crippen LogP contribution in [-0.2, 0) is 5.75 Å². The van der Waals surface area contributed by atoms with Crippen LogP contribution in [0.2, 0.25) is 0 Å². The number of nitrogens with zero attached hydrogens (tertiary/aromatic N) is 2. The minimum Gasteiger partial charge on any atom is -0.339 e. The van der Waals surface area contributed by atoms with Gasteiger partial charge in [-0.2, -0.15) is 5.26 Å². The largest absolute Gasteiger partial charge is 0.339 e. The van der Waals surface area contributed by atoms with Crippen LogP contribution in [0.1, 0.15) is 47.2 Å². The SMILES string of the molecule is N#Cc1ccc(CSc2ccccc2C(=O)N2CCCCCC2)cc1. The normalized spacial score (nSPS) is 14.6. The van der Waals surface area contributed by atoms with E-state index in [4.69, 9.17) is 5.26 Å². The fourth-order valence-corrected chi connectivity index (χ4v) is 4.05. The van der Waals surface area contributed by atoms with Crippen LogP contribution in [0.5, 0.6) is 0 Å². The molecule has 0 aliphatic carbocycles. The zero-order chi connectivity index (χ0) is 17.5. The summed E-state index contributed by atoms with van der Waals surface area (Å²) < 4.78 is 0. The Morgan fingerprint density at radius 3 is 2.36 bits per heavy atom. The topological polar surface area (TPSA) is 44.1 Å². The van der Waals surface area contributed by atoms with Crippen molar-refractivity contribution < 1.29 is 4.79 Å². The summed E-state index contributed by atoms with van der Waals surface area (Å²) in [6.07, 6.45) is 4.65. The van der Waals surface area contributed by atoms with E-state index in [1.807, 2.05) is 53.4 Å². The minimum atomic E-state index is 0.157. The highest BCUT2D eigenvalue weighted by atomic mass is 32.2. The van der Waals surface area contributed by atoms with Gasteiger partial charge in [0.1, 0.15) is 0 Å². The molecule has 0 bridgehead atoms. The fraction of sp³-hybridized carbons (Fsp3) is 0.333. The molecular formula is C21H22N2OS. The van der Waals surface area contributed by atoms with Crippen LogP contribution in [0.25, 0.3) is 0 Å². The molecule has 1 aliphatic heterocycles. The van der Waals surface area contributed by atoms with E-state index in [1.165, 1.54) is 12.8 Å². The van der Waals surface area contributed by atoms with Crippen molar-refractivity contribution in [3.8, 4) is 6.07 Å². The molecule has 0 spiro atoms. The molecule has 1 amide bonds. The molecule has 1 fully saturated rings. The number of likely N-dealkylation sites (tertiary alicyclic amines) is 1. The molecule has 0 saturated carbocycles. The Balaban J connectivity index is 1.71. The molecule has 0 aromatic heterocycles. The average molecular weight is 350 g/mol. The lowest BCUT2D eigenvalue weighted by Gasteiger charge is -2.21. The van der Waals surface area contributed by atoms with Gasteiger partial charge in [-0.25, -0.2) is 0 Å². The predicted molar refractivity (Wildman–Crippen MR) is 102 cm³/mol. The second-order valence-electron chi connectivity index (χ2n) is 6.30. The van der Waals surface area contributed by atoms with Crippen molar-refractivity contribution in [2.24, 2.45) is 0 Å². The molecule has 3 nitrogen and oxygen atoms in total. The lowest BCUT2D eigenvalue weighted by atomic mass is 10.2. The number of carbonyl (C=O) groups excluding carboxylic acids is 1. The van der Waals surface area contributed by atoms with Crippen LogP contribution in [0.15, 0.2) is 53.4 Å². The van der Waals surface area contributed by atoms with Gasteiger partial charge in [0, 0.05) is 23.7 Å². The second-order valence-corrected chi connectivity index (χ2v) is 7.32. The van der Waals surface area contributed by atoms with Gasteiger partial charge in [0.25, 0.3) is 5.91 Å². The first kappa shape index (κ1) is 17.6. The Labute approximate surface area is 153 Å². The fourth-order valence-electron chi connectivity index (χ4n) is 3.05. The van der Waals surface area contributed by atoms with E-state index in [0.717, 1.165) is 47.7 Å². The summed E-state index contributed by atoms with van der Waals surface area (Å²) in [5.41, 5.74) is 2.63. The summed E-state index contributed by atoms with van der Waals surface area (Å²) in [4.78, 5) is 16.0. The number of hydrogen-bond donors (Lipinski definition) is 0. The molecule has 128 valence electrons. The third-order valence-electron chi connectivity index (χ3n) is 4.49. The van der Waals surface area contributed by atoms with Crippen LogP contribution >= 0.6 is 11.8 Å². The molecule has 3 rings (SSSR count). The van der Waals surface area contributed by atoms with Gasteiger partial charge >= 0.3 is 0 Å². The molecule has 2 aromatic carbocycles. The van der Waals surface area contributed by atoms with Crippen molar-refractivity contribution in [1.82, 2.24) is 4.90 Å². The van der Waals surface area contributed by atoms with Crippen molar-refractivity contribution in [2.45, 2.75) is 36.3 Å². The first-order valence-corrected chi connectivity index (χ1v) is 9.76. The van der Waals surface area contributed by atoms with Gasteiger partial charge in [0.15, 0.2) is 0 Å². The molecule has 0 atom stereocenters. The van der Waals surface area contributed by atoms with Gasteiger partial charge in [-0.1, -0.05) is 37.1 Å². The first-order valence-electron chi connectivity index (χ1n) is 8.78. The van der Waals surface area contributed by atoms with E-state index >= 15 is 0 Å². The van der Waals surface area contributed by atoms with E-state index in [9.17, 15) is 4.79 Å². The summed E-state index contributed by atoms with van der Waals surface area (Å²) in [7, 11) is 0. The Hall–Kier alpha value is -2.25. The summed E-state index contributed by atoms with van der Waals surface area (Å²) in [6.45, 7) is 1.74. The number of nitriles is 1. The Morgan fingerprint density at radius 2 is 1.68 bits per heavy atom. The number of thioether (sulfide) groups is 1. The Morgan fingerprint density at radius 1 is 1.00 bits per heavy atom. The zero-order valence-corrected chi connectivity index (χ0v) is 15.1. The first-order chi connectivity index (χ1) is 12.3. The molecule has 0 unspecified atom stereocenters. The lowest BCUT2D eigenvalue weighted by Crippen LogP contribution is -2.32. The van der Waals surface area contributed by atoms with Crippen molar-refractivity contribution in [3.63, 3.8) is 0 Å². The third kappa shape index (κ3) is 4.64. The monoisotopic (exact) mass is 350 g/mol. The average Bonchev–Trinajstić information content (AvgIpc) is 2.96. The number of amides is 1. The van der Waals surface area contributed by atoms with Crippen LogP contribution < -0.4 is 0 Å². The number of carbonyl (C=O) groups is 1. The van der Waals surface area contributed by atoms with E-state index in [1.54, 1.807) is 11.8 Å². The summed E-state index contributed by atoms with van der Waals surface area (Å²) in [5.74, 6) is 0.945. The minimum absolute atomic E-state index is 0.157. The van der Waals surface area contributed by atoms with Gasteiger partial charge in [-0.3, -0.25) is 4.79 Å². The number of hydrogen-bond acceptors (Lipinski definition) is 3. The summed E-state index contributed by atoms with van der Waals surface area (Å²) >= 11 is 1.68. The van der Waals surface area contributed by atoms with E-state index in [-0.39, 0.29) is 5.91 Å². The van der Waals surface area contributed by atoms with E-state index in [0.29, 0.717) is 5.56 Å². The van der Waals surface area contributed by atoms with E-state index in [2.05, 4.69) is 6.07 Å². The van der Waals surface area contributed by atoms with Gasteiger partial charge in [0.2, 0.25) is 0 Å². The van der Waals surface area contributed by atoms with Gasteiger partial charge in [0.05, 0.1) is 17.2 Å². The van der Waals surface area contributed by atoms with Crippen LogP contribution in [0.3, 0.4) is 0 Å². The molecule has 1 saturated heterocycles. The predicted octanol–water partition coefficient (Wildman–Crippen LogP) is 4.87.